The van der Waals surface area contributed by atoms with Crippen LogP contribution in [-0.2, 0) is 13.1 Å². The number of para-hydroxylation sites is 1. The molecule has 2 N–H and O–H groups in total. The third-order valence-corrected chi connectivity index (χ3v) is 6.20. The highest BCUT2D eigenvalue weighted by molar-refractivity contribution is 7.09. The second-order valence-electron chi connectivity index (χ2n) is 7.39. The Morgan fingerprint density at radius 2 is 1.84 bits per heavy atom. The molecule has 5 rings (SSSR count). The highest BCUT2D eigenvalue weighted by atomic mass is 32.1. The number of aromatic nitrogens is 3. The van der Waals surface area contributed by atoms with Crippen LogP contribution in [0.4, 0.5) is 0 Å². The van der Waals surface area contributed by atoms with Gasteiger partial charge in [-0.1, -0.05) is 24.3 Å². The third-order valence-electron chi connectivity index (χ3n) is 5.32. The molecule has 2 aromatic carbocycles. The van der Waals surface area contributed by atoms with Gasteiger partial charge >= 0.3 is 0 Å². The minimum absolute atomic E-state index is 0.116. The Morgan fingerprint density at radius 3 is 2.56 bits per heavy atom. The molecule has 7 heteroatoms. The molecule has 3 heterocycles. The number of rotatable bonds is 7. The maximum atomic E-state index is 12.9. The second kappa shape index (κ2) is 8.82. The van der Waals surface area contributed by atoms with Crippen molar-refractivity contribution < 1.29 is 4.74 Å². The molecule has 0 amide bonds. The number of pyridine rings is 1. The van der Waals surface area contributed by atoms with E-state index in [1.807, 2.05) is 66.7 Å². The van der Waals surface area contributed by atoms with Gasteiger partial charge in [0.1, 0.15) is 17.1 Å². The summed E-state index contributed by atoms with van der Waals surface area (Å²) in [6, 6.07) is 23.7. The predicted octanol–water partition coefficient (Wildman–Crippen LogP) is 4.74. The number of aromatic amines is 1. The molecule has 0 aliphatic heterocycles. The SMILES string of the molecule is COc1ccc(-c2nn(-c3ccccc3)c3[nH]c(=O)c(CNCc4cccs4)cc23)cc1. The zero-order chi connectivity index (χ0) is 21.9. The zero-order valence-corrected chi connectivity index (χ0v) is 18.4. The van der Waals surface area contributed by atoms with Gasteiger partial charge in [0, 0.05) is 34.5 Å². The monoisotopic (exact) mass is 442 g/mol. The Morgan fingerprint density at radius 1 is 1.03 bits per heavy atom. The van der Waals surface area contributed by atoms with Crippen LogP contribution in [0.1, 0.15) is 10.4 Å². The van der Waals surface area contributed by atoms with Gasteiger partial charge < -0.3 is 15.0 Å². The van der Waals surface area contributed by atoms with Crippen LogP contribution in [0.5, 0.6) is 5.75 Å². The lowest BCUT2D eigenvalue weighted by atomic mass is 10.1. The summed E-state index contributed by atoms with van der Waals surface area (Å²) >= 11 is 1.70. The number of benzene rings is 2. The van der Waals surface area contributed by atoms with Crippen LogP contribution in [0.3, 0.4) is 0 Å². The van der Waals surface area contributed by atoms with E-state index in [4.69, 9.17) is 9.84 Å². The largest absolute Gasteiger partial charge is 0.497 e. The molecule has 160 valence electrons. The van der Waals surface area contributed by atoms with Crippen LogP contribution in [0.2, 0.25) is 0 Å². The van der Waals surface area contributed by atoms with Gasteiger partial charge in [-0.25, -0.2) is 4.68 Å². The van der Waals surface area contributed by atoms with Gasteiger partial charge in [0.05, 0.1) is 12.8 Å². The van der Waals surface area contributed by atoms with Gasteiger partial charge in [0.15, 0.2) is 0 Å². The number of hydrogen-bond acceptors (Lipinski definition) is 5. The van der Waals surface area contributed by atoms with Crippen molar-refractivity contribution in [3.63, 3.8) is 0 Å². The Kier molecular flexibility index (Phi) is 5.58. The standard InChI is InChI=1S/C25H22N4O2S/c1-31-20-11-9-17(10-12-20)23-22-14-18(15-26-16-21-8-5-13-32-21)25(30)27-24(22)29(28-23)19-6-3-2-4-7-19/h2-14,26H,15-16H2,1H3,(H,27,30). The molecule has 0 fully saturated rings. The van der Waals surface area contributed by atoms with Crippen molar-refractivity contribution in [2.24, 2.45) is 0 Å². The summed E-state index contributed by atoms with van der Waals surface area (Å²) < 4.78 is 7.09. The summed E-state index contributed by atoms with van der Waals surface area (Å²) in [5.41, 5.74) is 3.88. The molecule has 0 radical (unpaired) electrons. The van der Waals surface area contributed by atoms with E-state index in [1.165, 1.54) is 4.88 Å². The molecule has 6 nitrogen and oxygen atoms in total. The minimum atomic E-state index is -0.116. The smallest absolute Gasteiger partial charge is 0.254 e. The molecular weight excluding hydrogens is 420 g/mol. The van der Waals surface area contributed by atoms with Crippen molar-refractivity contribution >= 4 is 22.4 Å². The van der Waals surface area contributed by atoms with Gasteiger partial charge in [-0.05, 0) is 53.9 Å². The lowest BCUT2D eigenvalue weighted by Gasteiger charge is -2.05. The van der Waals surface area contributed by atoms with E-state index in [2.05, 4.69) is 21.7 Å². The number of nitrogens with zero attached hydrogens (tertiary/aromatic N) is 2. The van der Waals surface area contributed by atoms with E-state index < -0.39 is 0 Å². The topological polar surface area (TPSA) is 71.9 Å². The highest BCUT2D eigenvalue weighted by Gasteiger charge is 2.17. The molecule has 0 saturated carbocycles. The summed E-state index contributed by atoms with van der Waals surface area (Å²) in [5, 5.41) is 11.2. The summed E-state index contributed by atoms with van der Waals surface area (Å²) in [5.74, 6) is 0.785. The molecule has 0 atom stereocenters. The first kappa shape index (κ1) is 20.2. The molecule has 3 aromatic heterocycles. The van der Waals surface area contributed by atoms with E-state index in [1.54, 1.807) is 23.1 Å². The van der Waals surface area contributed by atoms with Gasteiger partial charge in [0.25, 0.3) is 5.56 Å². The number of hydrogen-bond donors (Lipinski definition) is 2. The third kappa shape index (κ3) is 3.95. The van der Waals surface area contributed by atoms with Crippen LogP contribution < -0.4 is 15.6 Å². The van der Waals surface area contributed by atoms with Crippen LogP contribution >= 0.6 is 11.3 Å². The minimum Gasteiger partial charge on any atom is -0.497 e. The zero-order valence-electron chi connectivity index (χ0n) is 17.5. The first-order valence-corrected chi connectivity index (χ1v) is 11.2. The first-order valence-electron chi connectivity index (χ1n) is 10.3. The number of H-pyrrole nitrogens is 1. The maximum Gasteiger partial charge on any atom is 0.254 e. The molecule has 32 heavy (non-hydrogen) atoms. The van der Waals surface area contributed by atoms with E-state index in [-0.39, 0.29) is 5.56 Å². The van der Waals surface area contributed by atoms with Crippen LogP contribution in [0, 0.1) is 0 Å². The number of methoxy groups -OCH3 is 1. The number of fused-ring (bicyclic) bond motifs is 1. The lowest BCUT2D eigenvalue weighted by molar-refractivity contribution is 0.415. The van der Waals surface area contributed by atoms with Crippen molar-refractivity contribution in [2.75, 3.05) is 7.11 Å². The quantitative estimate of drug-likeness (QED) is 0.382. The average molecular weight is 443 g/mol. The van der Waals surface area contributed by atoms with Gasteiger partial charge in [-0.15, -0.1) is 11.3 Å². The van der Waals surface area contributed by atoms with E-state index in [9.17, 15) is 4.79 Å². The van der Waals surface area contributed by atoms with Crippen molar-refractivity contribution in [3.8, 4) is 22.7 Å². The first-order chi connectivity index (χ1) is 15.7. The van der Waals surface area contributed by atoms with Crippen LogP contribution in [0.15, 0.2) is 83.0 Å². The molecule has 0 saturated heterocycles. The summed E-state index contributed by atoms with van der Waals surface area (Å²) in [7, 11) is 1.65. The van der Waals surface area contributed by atoms with Crippen molar-refractivity contribution in [2.45, 2.75) is 13.1 Å². The highest BCUT2D eigenvalue weighted by Crippen LogP contribution is 2.30. The van der Waals surface area contributed by atoms with Gasteiger partial charge in [-0.2, -0.15) is 5.10 Å². The molecule has 0 aliphatic carbocycles. The van der Waals surface area contributed by atoms with Crippen LogP contribution in [-0.4, -0.2) is 21.9 Å². The summed E-state index contributed by atoms with van der Waals surface area (Å²) in [4.78, 5) is 17.2. The maximum absolute atomic E-state index is 12.9. The Bertz CT molecular complexity index is 1390. The van der Waals surface area contributed by atoms with Gasteiger partial charge in [0.2, 0.25) is 0 Å². The lowest BCUT2D eigenvalue weighted by Crippen LogP contribution is -2.20. The molecular formula is C25H22N4O2S. The number of nitrogens with one attached hydrogen (secondary N) is 2. The molecule has 0 unspecified atom stereocenters. The van der Waals surface area contributed by atoms with Crippen LogP contribution in [0.25, 0.3) is 28.0 Å². The van der Waals surface area contributed by atoms with E-state index in [0.29, 0.717) is 17.8 Å². The number of ether oxygens (including phenoxy) is 1. The fourth-order valence-corrected chi connectivity index (χ4v) is 4.37. The summed E-state index contributed by atoms with van der Waals surface area (Å²) in [6.45, 7) is 1.20. The Balaban J connectivity index is 1.59. The van der Waals surface area contributed by atoms with E-state index in [0.717, 1.165) is 34.6 Å². The van der Waals surface area contributed by atoms with Crippen molar-refractivity contribution in [1.29, 1.82) is 0 Å². The second-order valence-corrected chi connectivity index (χ2v) is 8.43. The molecule has 5 aromatic rings. The average Bonchev–Trinajstić information content (AvgIpc) is 3.48. The summed E-state index contributed by atoms with van der Waals surface area (Å²) in [6.07, 6.45) is 0. The molecule has 0 aliphatic rings. The normalized spacial score (nSPS) is 11.2. The molecule has 0 bridgehead atoms. The predicted molar refractivity (Wildman–Crippen MR) is 129 cm³/mol. The van der Waals surface area contributed by atoms with Crippen molar-refractivity contribution in [1.82, 2.24) is 20.1 Å². The van der Waals surface area contributed by atoms with E-state index >= 15 is 0 Å². The number of thiophene rings is 1. The Hall–Kier alpha value is -3.68. The Labute approximate surface area is 189 Å². The van der Waals surface area contributed by atoms with Gasteiger partial charge in [-0.3, -0.25) is 4.79 Å². The molecule has 0 spiro atoms. The fourth-order valence-electron chi connectivity index (χ4n) is 3.70. The van der Waals surface area contributed by atoms with Crippen molar-refractivity contribution in [3.05, 3.63) is 99.0 Å². The fraction of sp³-hybridized carbons (Fsp3) is 0.120.